The lowest BCUT2D eigenvalue weighted by Crippen LogP contribution is -2.58. The van der Waals surface area contributed by atoms with Crippen molar-refractivity contribution in [3.63, 3.8) is 0 Å². The SMILES string of the molecule is CC(C)(C)c1cc(-n2c3ccccc3c3cc4c5c(c6ccccc6n5-c5cc(-c6cc(-c7ccccc7)ccc6-c6ccccc6)cc6c5B4c4cc5c(cc4O6)C4(c6ccccc6-c6ccccc64)c4ccccc4-5)c32)cc(C(C)(C)C)c1. The van der Waals surface area contributed by atoms with Crippen LogP contribution in [0.1, 0.15) is 74.9 Å². The number of hydrogen-bond acceptors (Lipinski definition) is 1. The van der Waals surface area contributed by atoms with Gasteiger partial charge in [-0.25, -0.2) is 0 Å². The van der Waals surface area contributed by atoms with Gasteiger partial charge in [0.15, 0.2) is 0 Å². The van der Waals surface area contributed by atoms with Crippen molar-refractivity contribution in [3.8, 4) is 78.5 Å². The molecule has 0 amide bonds. The monoisotopic (exact) mass is 1090 g/mol. The largest absolute Gasteiger partial charge is 0.458 e. The van der Waals surface area contributed by atoms with Crippen LogP contribution in [0.4, 0.5) is 0 Å². The van der Waals surface area contributed by atoms with E-state index >= 15 is 0 Å². The fourth-order valence-corrected chi connectivity index (χ4v) is 15.8. The summed E-state index contributed by atoms with van der Waals surface area (Å²) in [6.45, 7) is 13.9. The van der Waals surface area contributed by atoms with Crippen molar-refractivity contribution in [2.24, 2.45) is 0 Å². The molecule has 4 heteroatoms. The first-order valence-corrected chi connectivity index (χ1v) is 30.2. The van der Waals surface area contributed by atoms with Gasteiger partial charge in [-0.05, 0) is 165 Å². The van der Waals surface area contributed by atoms with Crippen LogP contribution in [0.15, 0.2) is 249 Å². The molecule has 3 nitrogen and oxygen atoms in total. The standard InChI is InChI=1S/C81H59BN2O/c1-79(2,3)52-42-53(80(4,5)6)44-54(43-52)83-70-35-21-16-30-59(70)63-46-69-78-75(77(63)83)60-31-17-22-36-71(60)84(78)72-40-51(61-39-50(48-23-9-7-10-24-48)37-38-55(61)49-25-11-8-12-26-49)41-74-76(72)82(69)68-45-62-58-29-15-20-34-66(58)81(67(62)47-73(68)85-74)64-32-18-13-27-56(64)57-28-14-19-33-65(57)81/h7-47H,1-6H3. The Hall–Kier alpha value is -9.90. The molecule has 12 aromatic carbocycles. The Morgan fingerprint density at radius 2 is 0.918 bits per heavy atom. The molecule has 0 radical (unpaired) electrons. The molecule has 4 heterocycles. The van der Waals surface area contributed by atoms with Crippen LogP contribution in [0.3, 0.4) is 0 Å². The van der Waals surface area contributed by atoms with E-state index in [1.54, 1.807) is 0 Å². The van der Waals surface area contributed by atoms with Crippen molar-refractivity contribution < 1.29 is 4.74 Å². The van der Waals surface area contributed by atoms with Crippen molar-refractivity contribution in [2.75, 3.05) is 0 Å². The molecule has 0 N–H and O–H groups in total. The van der Waals surface area contributed by atoms with Gasteiger partial charge < -0.3 is 13.9 Å². The van der Waals surface area contributed by atoms with E-state index in [2.05, 4.69) is 299 Å². The molecule has 2 aliphatic heterocycles. The van der Waals surface area contributed by atoms with Gasteiger partial charge in [0.05, 0.1) is 27.5 Å². The molecule has 0 saturated carbocycles. The van der Waals surface area contributed by atoms with Crippen LogP contribution >= 0.6 is 0 Å². The summed E-state index contributed by atoms with van der Waals surface area (Å²) in [5.74, 6) is 1.79. The molecule has 2 aliphatic carbocycles. The summed E-state index contributed by atoms with van der Waals surface area (Å²) in [5.41, 5.74) is 30.2. The van der Waals surface area contributed by atoms with Gasteiger partial charge in [-0.2, -0.15) is 0 Å². The van der Waals surface area contributed by atoms with Gasteiger partial charge in [0.2, 0.25) is 0 Å². The molecule has 0 saturated heterocycles. The molecule has 0 unspecified atom stereocenters. The second kappa shape index (κ2) is 17.1. The lowest BCUT2D eigenvalue weighted by molar-refractivity contribution is 0.486. The second-order valence-electron chi connectivity index (χ2n) is 26.3. The highest BCUT2D eigenvalue weighted by Crippen LogP contribution is 2.63. The highest BCUT2D eigenvalue weighted by molar-refractivity contribution is 6.99. The fraction of sp³-hybridized carbons (Fsp3) is 0.111. The Labute approximate surface area is 496 Å². The smallest absolute Gasteiger partial charge is 0.256 e. The highest BCUT2D eigenvalue weighted by atomic mass is 16.5. The van der Waals surface area contributed by atoms with Gasteiger partial charge in [-0.15, -0.1) is 0 Å². The van der Waals surface area contributed by atoms with Crippen molar-refractivity contribution >= 4 is 66.7 Å². The van der Waals surface area contributed by atoms with Crippen LogP contribution in [0.2, 0.25) is 0 Å². The zero-order valence-corrected chi connectivity index (χ0v) is 48.6. The van der Waals surface area contributed by atoms with Crippen LogP contribution in [0.5, 0.6) is 11.5 Å². The molecule has 0 fully saturated rings. The third-order valence-corrected chi connectivity index (χ3v) is 19.6. The molecule has 402 valence electrons. The maximum absolute atomic E-state index is 7.83. The van der Waals surface area contributed by atoms with Gasteiger partial charge in [0.1, 0.15) is 11.5 Å². The van der Waals surface area contributed by atoms with E-state index in [9.17, 15) is 0 Å². The third-order valence-electron chi connectivity index (χ3n) is 19.6. The Morgan fingerprint density at radius 3 is 1.56 bits per heavy atom. The minimum absolute atomic E-state index is 0.0739. The molecule has 2 aromatic heterocycles. The third kappa shape index (κ3) is 6.57. The predicted molar refractivity (Wildman–Crippen MR) is 356 cm³/mol. The topological polar surface area (TPSA) is 19.1 Å². The summed E-state index contributed by atoms with van der Waals surface area (Å²) in [4.78, 5) is 0. The minimum atomic E-state index is -0.530. The Balaban J connectivity index is 0.993. The number of aromatic nitrogens is 2. The molecule has 85 heavy (non-hydrogen) atoms. The molecular formula is C81H59BN2O. The summed E-state index contributed by atoms with van der Waals surface area (Å²) in [6.07, 6.45) is 0. The number of benzene rings is 12. The minimum Gasteiger partial charge on any atom is -0.458 e. The first-order valence-electron chi connectivity index (χ1n) is 30.2. The zero-order chi connectivity index (χ0) is 56.8. The van der Waals surface area contributed by atoms with Gasteiger partial charge in [-0.1, -0.05) is 242 Å². The number of fused-ring (bicyclic) bond motifs is 21. The van der Waals surface area contributed by atoms with Crippen LogP contribution in [-0.4, -0.2) is 15.8 Å². The van der Waals surface area contributed by atoms with E-state index in [1.807, 2.05) is 0 Å². The van der Waals surface area contributed by atoms with E-state index in [0.717, 1.165) is 28.3 Å². The first kappa shape index (κ1) is 48.6. The summed E-state index contributed by atoms with van der Waals surface area (Å²) >= 11 is 0. The quantitative estimate of drug-likeness (QED) is 0.161. The van der Waals surface area contributed by atoms with E-state index in [1.165, 1.54) is 144 Å². The lowest BCUT2D eigenvalue weighted by atomic mass is 9.34. The molecule has 14 aromatic rings. The maximum Gasteiger partial charge on any atom is 0.256 e. The summed E-state index contributed by atoms with van der Waals surface area (Å²) in [6, 6.07) is 94.3. The van der Waals surface area contributed by atoms with Crippen molar-refractivity contribution in [1.82, 2.24) is 9.13 Å². The molecule has 4 aliphatic rings. The molecule has 0 bridgehead atoms. The number of nitrogens with zero attached hydrogens (tertiary/aromatic N) is 2. The highest BCUT2D eigenvalue weighted by Gasteiger charge is 2.53. The van der Waals surface area contributed by atoms with E-state index < -0.39 is 5.41 Å². The van der Waals surface area contributed by atoms with Crippen molar-refractivity contribution in [1.29, 1.82) is 0 Å². The average Bonchev–Trinajstić information content (AvgIpc) is 1.56. The zero-order valence-electron chi connectivity index (χ0n) is 48.6. The second-order valence-corrected chi connectivity index (χ2v) is 26.3. The number of ether oxygens (including phenoxy) is 1. The normalized spacial score (nSPS) is 13.9. The number of hydrogen-bond donors (Lipinski definition) is 0. The van der Waals surface area contributed by atoms with Crippen molar-refractivity contribution in [2.45, 2.75) is 57.8 Å². The first-order chi connectivity index (χ1) is 41.4. The molecule has 1 spiro atoms. The molecular weight excluding hydrogens is 1030 g/mol. The lowest BCUT2D eigenvalue weighted by Gasteiger charge is -2.35. The van der Waals surface area contributed by atoms with E-state index in [-0.39, 0.29) is 17.5 Å². The predicted octanol–water partition coefficient (Wildman–Crippen LogP) is 18.8. The van der Waals surface area contributed by atoms with Crippen molar-refractivity contribution in [3.05, 3.63) is 282 Å². The Bertz CT molecular complexity index is 5160. The average molecular weight is 1090 g/mol. The summed E-state index contributed by atoms with van der Waals surface area (Å²) in [5, 5.41) is 5.00. The van der Waals surface area contributed by atoms with Crippen LogP contribution in [0, 0.1) is 0 Å². The van der Waals surface area contributed by atoms with E-state index in [4.69, 9.17) is 4.74 Å². The summed E-state index contributed by atoms with van der Waals surface area (Å²) in [7, 11) is 0. The number of para-hydroxylation sites is 2. The van der Waals surface area contributed by atoms with E-state index in [0.29, 0.717) is 0 Å². The fourth-order valence-electron chi connectivity index (χ4n) is 15.8. The van der Waals surface area contributed by atoms with Gasteiger partial charge in [0, 0.05) is 32.9 Å². The van der Waals surface area contributed by atoms with Gasteiger partial charge in [-0.3, -0.25) is 0 Å². The number of rotatable bonds is 4. The van der Waals surface area contributed by atoms with Gasteiger partial charge >= 0.3 is 0 Å². The molecule has 18 rings (SSSR count). The van der Waals surface area contributed by atoms with Crippen LogP contribution in [0.25, 0.3) is 111 Å². The Kier molecular flexibility index (Phi) is 9.79. The molecule has 0 atom stereocenters. The summed E-state index contributed by atoms with van der Waals surface area (Å²) < 4.78 is 13.1. The Morgan fingerprint density at radius 1 is 0.353 bits per heavy atom. The maximum atomic E-state index is 7.83. The van der Waals surface area contributed by atoms with Crippen LogP contribution < -0.4 is 21.1 Å². The van der Waals surface area contributed by atoms with Gasteiger partial charge in [0.25, 0.3) is 6.71 Å². The van der Waals surface area contributed by atoms with Crippen LogP contribution in [-0.2, 0) is 16.2 Å².